The van der Waals surface area contributed by atoms with E-state index in [4.69, 9.17) is 5.11 Å². The molecule has 2 aromatic rings. The Morgan fingerprint density at radius 2 is 2.05 bits per heavy atom. The molecule has 1 aromatic heterocycles. The minimum absolute atomic E-state index is 0.0106. The van der Waals surface area contributed by atoms with Crippen LogP contribution in [0.5, 0.6) is 0 Å². The molecule has 0 radical (unpaired) electrons. The van der Waals surface area contributed by atoms with Crippen LogP contribution in [-0.4, -0.2) is 22.0 Å². The number of carboxylic acid groups (broad SMARTS) is 1. The van der Waals surface area contributed by atoms with Crippen LogP contribution in [0.15, 0.2) is 30.5 Å². The molecule has 0 amide bonds. The molecule has 19 heavy (non-hydrogen) atoms. The van der Waals surface area contributed by atoms with E-state index in [2.05, 4.69) is 5.10 Å². The summed E-state index contributed by atoms with van der Waals surface area (Å²) in [4.78, 5) is 23.0. The van der Waals surface area contributed by atoms with Crippen LogP contribution in [0.2, 0.25) is 0 Å². The summed E-state index contributed by atoms with van der Waals surface area (Å²) in [7, 11) is 1.74. The van der Waals surface area contributed by atoms with Crippen LogP contribution in [0, 0.1) is 5.92 Å². The number of aliphatic carboxylic acids is 1. The van der Waals surface area contributed by atoms with Gasteiger partial charge in [-0.25, -0.2) is 0 Å². The zero-order valence-electron chi connectivity index (χ0n) is 10.8. The molecule has 0 bridgehead atoms. The van der Waals surface area contributed by atoms with Crippen molar-refractivity contribution in [2.75, 3.05) is 0 Å². The first-order valence-electron chi connectivity index (χ1n) is 6.00. The minimum Gasteiger partial charge on any atom is -0.481 e. The first-order valence-corrected chi connectivity index (χ1v) is 6.00. The fraction of sp³-hybridized carbons (Fsp3) is 0.286. The zero-order chi connectivity index (χ0) is 14.0. The van der Waals surface area contributed by atoms with Crippen molar-refractivity contribution in [2.24, 2.45) is 13.0 Å². The molecular formula is C14H15N2O3+. The van der Waals surface area contributed by atoms with Gasteiger partial charge in [-0.05, 0) is 11.2 Å². The predicted molar refractivity (Wildman–Crippen MR) is 68.7 cm³/mol. The van der Waals surface area contributed by atoms with Crippen LogP contribution in [-0.2, 0) is 11.8 Å². The molecule has 5 nitrogen and oxygen atoms in total. The van der Waals surface area contributed by atoms with E-state index in [0.717, 1.165) is 10.9 Å². The van der Waals surface area contributed by atoms with Crippen molar-refractivity contribution in [3.63, 3.8) is 0 Å². The number of benzene rings is 1. The van der Waals surface area contributed by atoms with E-state index in [9.17, 15) is 9.59 Å². The average Bonchev–Trinajstić information content (AvgIpc) is 2.37. The second kappa shape index (κ2) is 5.14. The van der Waals surface area contributed by atoms with Crippen LogP contribution in [0.3, 0.4) is 0 Å². The average molecular weight is 259 g/mol. The topological polar surface area (TPSA) is 71.1 Å². The number of carboxylic acids is 1. The lowest BCUT2D eigenvalue weighted by Gasteiger charge is -2.06. The maximum Gasteiger partial charge on any atom is 0.306 e. The number of ketones is 1. The number of aromatic nitrogens is 2. The first-order chi connectivity index (χ1) is 8.99. The van der Waals surface area contributed by atoms with Crippen molar-refractivity contribution in [2.45, 2.75) is 13.3 Å². The summed E-state index contributed by atoms with van der Waals surface area (Å²) in [5, 5.41) is 13.9. The van der Waals surface area contributed by atoms with Crippen LogP contribution in [0.4, 0.5) is 0 Å². The van der Waals surface area contributed by atoms with Gasteiger partial charge < -0.3 is 5.11 Å². The predicted octanol–water partition coefficient (Wildman–Crippen LogP) is 1.35. The second-order valence-electron chi connectivity index (χ2n) is 4.60. The first kappa shape index (κ1) is 13.1. The van der Waals surface area contributed by atoms with Gasteiger partial charge in [-0.2, -0.15) is 0 Å². The Labute approximate surface area is 110 Å². The Morgan fingerprint density at radius 3 is 2.74 bits per heavy atom. The maximum atomic E-state index is 12.2. The standard InChI is InChI=1S/C14H14N2O3/c1-9(14(18)19)7-13(17)11-8-16(2)15-12-6-4-3-5-10(11)12/h3-6,8-9H,7H2,1-2H3/p+1/t9-/m0/s1. The van der Waals surface area contributed by atoms with Crippen LogP contribution < -0.4 is 4.68 Å². The third kappa shape index (κ3) is 2.76. The summed E-state index contributed by atoms with van der Waals surface area (Å²) in [6.45, 7) is 1.53. The summed E-state index contributed by atoms with van der Waals surface area (Å²) in [5.74, 6) is -1.83. The largest absolute Gasteiger partial charge is 0.481 e. The molecule has 1 aromatic carbocycles. The van der Waals surface area contributed by atoms with Gasteiger partial charge in [0.05, 0.1) is 11.5 Å². The van der Waals surface area contributed by atoms with E-state index in [1.54, 1.807) is 17.9 Å². The van der Waals surface area contributed by atoms with Gasteiger partial charge in [-0.15, -0.1) is 0 Å². The highest BCUT2D eigenvalue weighted by Crippen LogP contribution is 2.18. The number of carbonyl (C=O) groups is 2. The van der Waals surface area contributed by atoms with E-state index >= 15 is 0 Å². The Morgan fingerprint density at radius 1 is 1.37 bits per heavy atom. The Kier molecular flexibility index (Phi) is 3.55. The molecular weight excluding hydrogens is 244 g/mol. The Balaban J connectivity index is 2.44. The van der Waals surface area contributed by atoms with Crippen molar-refractivity contribution in [3.8, 4) is 0 Å². The SMILES string of the molecule is C[C@@H](CC(=O)c1c[n+](C)nc2ccccc12)C(=O)O. The van der Waals surface area contributed by atoms with Crippen LogP contribution in [0.25, 0.3) is 10.9 Å². The van der Waals surface area contributed by atoms with E-state index in [1.807, 2.05) is 24.3 Å². The summed E-state index contributed by atoms with van der Waals surface area (Å²) in [5.41, 5.74) is 1.24. The van der Waals surface area contributed by atoms with Gasteiger partial charge in [0.15, 0.2) is 12.8 Å². The quantitative estimate of drug-likeness (QED) is 0.664. The zero-order valence-corrected chi connectivity index (χ0v) is 10.8. The van der Waals surface area contributed by atoms with Crippen LogP contribution >= 0.6 is 0 Å². The van der Waals surface area contributed by atoms with Gasteiger partial charge in [0.1, 0.15) is 5.52 Å². The number of hydrogen-bond donors (Lipinski definition) is 1. The van der Waals surface area contributed by atoms with Gasteiger partial charge in [-0.1, -0.05) is 29.8 Å². The monoisotopic (exact) mass is 259 g/mol. The summed E-state index contributed by atoms with van der Waals surface area (Å²) in [6, 6.07) is 7.33. The van der Waals surface area contributed by atoms with Crippen molar-refractivity contribution >= 4 is 22.7 Å². The Hall–Kier alpha value is -2.30. The number of Topliss-reactive ketones (excluding diaryl/α,β-unsaturated/α-hetero) is 1. The molecule has 0 unspecified atom stereocenters. The number of rotatable bonds is 4. The smallest absolute Gasteiger partial charge is 0.306 e. The van der Waals surface area contributed by atoms with E-state index in [0.29, 0.717) is 5.56 Å². The fourth-order valence-electron chi connectivity index (χ4n) is 1.94. The molecule has 0 aliphatic rings. The molecule has 0 fully saturated rings. The van der Waals surface area contributed by atoms with Crippen molar-refractivity contribution in [1.82, 2.24) is 5.10 Å². The highest BCUT2D eigenvalue weighted by atomic mass is 16.4. The van der Waals surface area contributed by atoms with Crippen molar-refractivity contribution in [1.29, 1.82) is 0 Å². The second-order valence-corrected chi connectivity index (χ2v) is 4.60. The third-order valence-electron chi connectivity index (χ3n) is 2.99. The van der Waals surface area contributed by atoms with Gasteiger partial charge in [0, 0.05) is 11.8 Å². The molecule has 2 rings (SSSR count). The molecule has 0 saturated heterocycles. The number of hydrogen-bond acceptors (Lipinski definition) is 3. The lowest BCUT2D eigenvalue weighted by Crippen LogP contribution is -2.34. The third-order valence-corrected chi connectivity index (χ3v) is 2.99. The van der Waals surface area contributed by atoms with Crippen molar-refractivity contribution in [3.05, 3.63) is 36.0 Å². The maximum absolute atomic E-state index is 12.2. The highest BCUT2D eigenvalue weighted by molar-refractivity contribution is 6.07. The molecule has 0 aliphatic heterocycles. The van der Waals surface area contributed by atoms with E-state index < -0.39 is 11.9 Å². The molecule has 0 aliphatic carbocycles. The molecule has 1 atom stereocenters. The fourth-order valence-corrected chi connectivity index (χ4v) is 1.94. The molecule has 0 spiro atoms. The van der Waals surface area contributed by atoms with Gasteiger partial charge in [-0.3, -0.25) is 9.59 Å². The summed E-state index contributed by atoms with van der Waals surface area (Å²) >= 11 is 0. The Bertz CT molecular complexity index is 652. The van der Waals surface area contributed by atoms with Crippen molar-refractivity contribution < 1.29 is 19.4 Å². The minimum atomic E-state index is -0.962. The lowest BCUT2D eigenvalue weighted by molar-refractivity contribution is -0.728. The van der Waals surface area contributed by atoms with Crippen LogP contribution in [0.1, 0.15) is 23.7 Å². The number of aryl methyl sites for hydroxylation is 1. The van der Waals surface area contributed by atoms with Gasteiger partial charge in [0.2, 0.25) is 6.20 Å². The van der Waals surface area contributed by atoms with E-state index in [-0.39, 0.29) is 12.2 Å². The number of fused-ring (bicyclic) bond motifs is 1. The molecule has 1 N–H and O–H groups in total. The number of nitrogens with zero attached hydrogens (tertiary/aromatic N) is 2. The highest BCUT2D eigenvalue weighted by Gasteiger charge is 2.21. The molecule has 98 valence electrons. The summed E-state index contributed by atoms with van der Waals surface area (Å²) < 4.78 is 1.57. The normalized spacial score (nSPS) is 12.3. The van der Waals surface area contributed by atoms with Gasteiger partial charge in [0.25, 0.3) is 0 Å². The summed E-state index contributed by atoms with van der Waals surface area (Å²) in [6.07, 6.45) is 1.63. The molecule has 0 saturated carbocycles. The number of carbonyl (C=O) groups excluding carboxylic acids is 1. The molecule has 5 heteroatoms. The molecule has 1 heterocycles. The van der Waals surface area contributed by atoms with E-state index in [1.165, 1.54) is 6.92 Å². The van der Waals surface area contributed by atoms with Gasteiger partial charge >= 0.3 is 5.97 Å². The lowest BCUT2D eigenvalue weighted by atomic mass is 9.98.